The highest BCUT2D eigenvalue weighted by Crippen LogP contribution is 2.21. The Bertz CT molecular complexity index is 1210. The van der Waals surface area contributed by atoms with Crippen LogP contribution in [0.3, 0.4) is 0 Å². The Morgan fingerprint density at radius 2 is 1.76 bits per heavy atom. The SMILES string of the molecule is O=C(CCn1c(=O)[nH]c(=O)c2ccccc21)Nc1ccccc1C(=O)NC1CC1. The molecule has 8 nitrogen and oxygen atoms in total. The maximum absolute atomic E-state index is 12.5. The van der Waals surface area contributed by atoms with Gasteiger partial charge in [-0.3, -0.25) is 23.9 Å². The molecule has 0 atom stereocenters. The smallest absolute Gasteiger partial charge is 0.328 e. The minimum absolute atomic E-state index is 0.00846. The molecule has 0 saturated heterocycles. The van der Waals surface area contributed by atoms with Gasteiger partial charge in [-0.25, -0.2) is 4.79 Å². The Kier molecular flexibility index (Phi) is 4.99. The first-order chi connectivity index (χ1) is 14.0. The van der Waals surface area contributed by atoms with Crippen molar-refractivity contribution in [2.24, 2.45) is 0 Å². The second kappa shape index (κ2) is 7.75. The summed E-state index contributed by atoms with van der Waals surface area (Å²) in [6.45, 7) is 0.0956. The summed E-state index contributed by atoms with van der Waals surface area (Å²) < 4.78 is 1.36. The number of fused-ring (bicyclic) bond motifs is 1. The van der Waals surface area contributed by atoms with Crippen LogP contribution in [-0.4, -0.2) is 27.4 Å². The van der Waals surface area contributed by atoms with Crippen molar-refractivity contribution in [3.8, 4) is 0 Å². The lowest BCUT2D eigenvalue weighted by atomic mass is 10.1. The van der Waals surface area contributed by atoms with Crippen LogP contribution in [-0.2, 0) is 11.3 Å². The summed E-state index contributed by atoms with van der Waals surface area (Å²) >= 11 is 0. The minimum Gasteiger partial charge on any atom is -0.349 e. The number of para-hydroxylation sites is 2. The maximum atomic E-state index is 12.5. The Balaban J connectivity index is 1.49. The van der Waals surface area contributed by atoms with Gasteiger partial charge in [-0.1, -0.05) is 24.3 Å². The molecule has 148 valence electrons. The van der Waals surface area contributed by atoms with Crippen LogP contribution in [0.25, 0.3) is 10.9 Å². The first-order valence-corrected chi connectivity index (χ1v) is 9.44. The van der Waals surface area contributed by atoms with E-state index in [0.717, 1.165) is 12.8 Å². The number of carbonyl (C=O) groups excluding carboxylic acids is 2. The Morgan fingerprint density at radius 1 is 1.03 bits per heavy atom. The lowest BCUT2D eigenvalue weighted by molar-refractivity contribution is -0.116. The van der Waals surface area contributed by atoms with Gasteiger partial charge in [-0.05, 0) is 37.1 Å². The fourth-order valence-corrected chi connectivity index (χ4v) is 3.17. The van der Waals surface area contributed by atoms with Crippen LogP contribution in [0.5, 0.6) is 0 Å². The fourth-order valence-electron chi connectivity index (χ4n) is 3.17. The maximum Gasteiger partial charge on any atom is 0.328 e. The van der Waals surface area contributed by atoms with Crippen molar-refractivity contribution in [1.82, 2.24) is 14.9 Å². The van der Waals surface area contributed by atoms with Crippen molar-refractivity contribution >= 4 is 28.4 Å². The molecule has 0 bridgehead atoms. The normalized spacial score (nSPS) is 13.2. The van der Waals surface area contributed by atoms with E-state index in [0.29, 0.717) is 22.2 Å². The summed E-state index contributed by atoms with van der Waals surface area (Å²) in [6.07, 6.45) is 1.96. The third-order valence-electron chi connectivity index (χ3n) is 4.83. The molecule has 1 aromatic heterocycles. The molecule has 0 unspecified atom stereocenters. The Morgan fingerprint density at radius 3 is 2.55 bits per heavy atom. The summed E-state index contributed by atoms with van der Waals surface area (Å²) in [5, 5.41) is 6.04. The summed E-state index contributed by atoms with van der Waals surface area (Å²) in [7, 11) is 0. The first-order valence-electron chi connectivity index (χ1n) is 9.44. The molecule has 0 radical (unpaired) electrons. The number of aromatic nitrogens is 2. The van der Waals surface area contributed by atoms with Gasteiger partial charge in [-0.15, -0.1) is 0 Å². The number of hydrogen-bond acceptors (Lipinski definition) is 4. The zero-order valence-corrected chi connectivity index (χ0v) is 15.6. The van der Waals surface area contributed by atoms with Crippen LogP contribution in [0.2, 0.25) is 0 Å². The molecule has 1 saturated carbocycles. The van der Waals surface area contributed by atoms with Crippen LogP contribution in [0.4, 0.5) is 5.69 Å². The number of nitrogens with one attached hydrogen (secondary N) is 3. The predicted octanol–water partition coefficient (Wildman–Crippen LogP) is 1.61. The average molecular weight is 392 g/mol. The van der Waals surface area contributed by atoms with Gasteiger partial charge < -0.3 is 10.6 Å². The molecular formula is C21H20N4O4. The zero-order chi connectivity index (χ0) is 20.4. The van der Waals surface area contributed by atoms with Crippen LogP contribution < -0.4 is 21.9 Å². The van der Waals surface area contributed by atoms with Crippen molar-refractivity contribution in [1.29, 1.82) is 0 Å². The van der Waals surface area contributed by atoms with E-state index in [1.54, 1.807) is 48.5 Å². The number of aromatic amines is 1. The van der Waals surface area contributed by atoms with Gasteiger partial charge in [-0.2, -0.15) is 0 Å². The predicted molar refractivity (Wildman–Crippen MR) is 109 cm³/mol. The monoisotopic (exact) mass is 392 g/mol. The van der Waals surface area contributed by atoms with Gasteiger partial charge >= 0.3 is 5.69 Å². The van der Waals surface area contributed by atoms with Crippen LogP contribution in [0.1, 0.15) is 29.6 Å². The molecule has 0 spiro atoms. The van der Waals surface area contributed by atoms with Gasteiger partial charge in [0.15, 0.2) is 0 Å². The minimum atomic E-state index is -0.564. The summed E-state index contributed by atoms with van der Waals surface area (Å²) in [4.78, 5) is 51.2. The number of rotatable bonds is 6. The molecular weight excluding hydrogens is 372 g/mol. The van der Waals surface area contributed by atoms with Crippen LogP contribution in [0, 0.1) is 0 Å². The van der Waals surface area contributed by atoms with Crippen LogP contribution >= 0.6 is 0 Å². The van der Waals surface area contributed by atoms with Crippen molar-refractivity contribution in [2.75, 3.05) is 5.32 Å². The van der Waals surface area contributed by atoms with E-state index < -0.39 is 11.2 Å². The van der Waals surface area contributed by atoms with E-state index in [2.05, 4.69) is 15.6 Å². The number of anilines is 1. The summed E-state index contributed by atoms with van der Waals surface area (Å²) in [5.41, 5.74) is 0.277. The number of H-pyrrole nitrogens is 1. The van der Waals surface area contributed by atoms with E-state index >= 15 is 0 Å². The molecule has 0 aliphatic heterocycles. The van der Waals surface area contributed by atoms with Gasteiger partial charge in [0.2, 0.25) is 5.91 Å². The lowest BCUT2D eigenvalue weighted by Crippen LogP contribution is -2.31. The molecule has 4 rings (SSSR count). The molecule has 3 aromatic rings. The molecule has 1 aliphatic carbocycles. The fraction of sp³-hybridized carbons (Fsp3) is 0.238. The quantitative estimate of drug-likeness (QED) is 0.591. The molecule has 2 amide bonds. The van der Waals surface area contributed by atoms with E-state index in [-0.39, 0.29) is 30.8 Å². The first kappa shape index (κ1) is 18.7. The third kappa shape index (κ3) is 4.11. The number of carbonyl (C=O) groups is 2. The van der Waals surface area contributed by atoms with Gasteiger partial charge in [0.1, 0.15) is 0 Å². The number of nitrogens with zero attached hydrogens (tertiary/aromatic N) is 1. The highest BCUT2D eigenvalue weighted by molar-refractivity contribution is 6.03. The zero-order valence-electron chi connectivity index (χ0n) is 15.6. The lowest BCUT2D eigenvalue weighted by Gasteiger charge is -2.12. The Labute approximate surface area is 165 Å². The van der Waals surface area contributed by atoms with Gasteiger partial charge in [0.25, 0.3) is 11.5 Å². The van der Waals surface area contributed by atoms with Gasteiger partial charge in [0.05, 0.1) is 22.2 Å². The largest absolute Gasteiger partial charge is 0.349 e. The van der Waals surface area contributed by atoms with Gasteiger partial charge in [0, 0.05) is 19.0 Å². The highest BCUT2D eigenvalue weighted by atomic mass is 16.2. The average Bonchev–Trinajstić information content (AvgIpc) is 3.52. The number of amides is 2. The molecule has 1 heterocycles. The van der Waals surface area contributed by atoms with E-state index in [1.165, 1.54) is 4.57 Å². The molecule has 29 heavy (non-hydrogen) atoms. The second-order valence-electron chi connectivity index (χ2n) is 7.02. The molecule has 3 N–H and O–H groups in total. The van der Waals surface area contributed by atoms with E-state index in [9.17, 15) is 19.2 Å². The van der Waals surface area contributed by atoms with Crippen molar-refractivity contribution in [3.05, 3.63) is 74.9 Å². The summed E-state index contributed by atoms with van der Waals surface area (Å²) in [6, 6.07) is 13.8. The number of hydrogen-bond donors (Lipinski definition) is 3. The molecule has 8 heteroatoms. The topological polar surface area (TPSA) is 113 Å². The van der Waals surface area contributed by atoms with E-state index in [1.807, 2.05) is 0 Å². The van der Waals surface area contributed by atoms with Crippen molar-refractivity contribution in [2.45, 2.75) is 31.8 Å². The second-order valence-corrected chi connectivity index (χ2v) is 7.02. The van der Waals surface area contributed by atoms with E-state index in [4.69, 9.17) is 0 Å². The molecule has 1 aliphatic rings. The van der Waals surface area contributed by atoms with Crippen LogP contribution in [0.15, 0.2) is 58.1 Å². The summed E-state index contributed by atoms with van der Waals surface area (Å²) in [5.74, 6) is -0.551. The molecule has 1 fully saturated rings. The van der Waals surface area contributed by atoms with Crippen molar-refractivity contribution in [3.63, 3.8) is 0 Å². The standard InChI is InChI=1S/C21H20N4O4/c26-18(23-16-7-3-1-5-14(16)19(27)22-13-9-10-13)11-12-25-17-8-4-2-6-15(17)20(28)24-21(25)29/h1-8,13H,9-12H2,(H,22,27)(H,23,26)(H,24,28,29). The number of benzene rings is 2. The Hall–Kier alpha value is -3.68. The third-order valence-corrected chi connectivity index (χ3v) is 4.83. The highest BCUT2D eigenvalue weighted by Gasteiger charge is 2.25. The number of aryl methyl sites for hydroxylation is 1. The molecule has 2 aromatic carbocycles. The van der Waals surface area contributed by atoms with Crippen molar-refractivity contribution < 1.29 is 9.59 Å².